The number of hydrogen-bond acceptors (Lipinski definition) is 7. The summed E-state index contributed by atoms with van der Waals surface area (Å²) in [4.78, 5) is 33.0. The number of H-pyrrole nitrogens is 1. The normalized spacial score (nSPS) is 18.1. The van der Waals surface area contributed by atoms with Gasteiger partial charge in [-0.2, -0.15) is 5.26 Å². The lowest BCUT2D eigenvalue weighted by Crippen LogP contribution is -2.62. The number of hydrogen-bond donors (Lipinski definition) is 1. The van der Waals surface area contributed by atoms with E-state index in [2.05, 4.69) is 25.9 Å². The molecule has 2 aromatic heterocycles. The molecule has 0 saturated carbocycles. The molecule has 4 heterocycles. The molecule has 0 radical (unpaired) electrons. The third kappa shape index (κ3) is 5.87. The van der Waals surface area contributed by atoms with E-state index in [0.717, 1.165) is 60.4 Å². The highest BCUT2D eigenvalue weighted by molar-refractivity contribution is 6.13. The van der Waals surface area contributed by atoms with Crippen LogP contribution in [0.4, 0.5) is 13.6 Å². The van der Waals surface area contributed by atoms with E-state index in [4.69, 9.17) is 9.73 Å². The first kappa shape index (κ1) is 27.4. The average molecular weight is 548 g/mol. The van der Waals surface area contributed by atoms with Crippen LogP contribution in [0.5, 0.6) is 0 Å². The van der Waals surface area contributed by atoms with E-state index in [1.165, 1.54) is 12.4 Å². The summed E-state index contributed by atoms with van der Waals surface area (Å²) >= 11 is 0. The van der Waals surface area contributed by atoms with Crippen LogP contribution < -0.4 is 0 Å². The van der Waals surface area contributed by atoms with E-state index >= 15 is 0 Å². The van der Waals surface area contributed by atoms with Gasteiger partial charge in [-0.25, -0.2) is 23.5 Å². The van der Waals surface area contributed by atoms with Crippen LogP contribution in [0.3, 0.4) is 0 Å². The van der Waals surface area contributed by atoms with E-state index in [0.29, 0.717) is 37.7 Å². The van der Waals surface area contributed by atoms with Gasteiger partial charge in [0.05, 0.1) is 11.8 Å². The fourth-order valence-electron chi connectivity index (χ4n) is 5.50. The molecule has 1 amide bonds. The highest BCUT2D eigenvalue weighted by Gasteiger charge is 2.46. The second-order valence-electron chi connectivity index (χ2n) is 10.4. The Balaban J connectivity index is 1.11. The van der Waals surface area contributed by atoms with Gasteiger partial charge in [-0.3, -0.25) is 9.89 Å². The van der Waals surface area contributed by atoms with Gasteiger partial charge in [0.2, 0.25) is 0 Å². The molecule has 2 fully saturated rings. The number of carbonyl (C=O) groups is 1. The average Bonchev–Trinajstić information content (AvgIpc) is 3.44. The molecule has 0 unspecified atom stereocenters. The van der Waals surface area contributed by atoms with Crippen LogP contribution >= 0.6 is 0 Å². The van der Waals surface area contributed by atoms with Crippen molar-refractivity contribution in [2.75, 3.05) is 32.7 Å². The van der Waals surface area contributed by atoms with Gasteiger partial charge in [0.1, 0.15) is 18.6 Å². The Hall–Kier alpha value is -4.17. The maximum atomic E-state index is 13.4. The van der Waals surface area contributed by atoms with E-state index < -0.39 is 17.7 Å². The molecule has 208 valence electrons. The summed E-state index contributed by atoms with van der Waals surface area (Å²) in [5.41, 5.74) is 2.70. The van der Waals surface area contributed by atoms with E-state index in [1.54, 1.807) is 4.90 Å². The molecule has 2 saturated heterocycles. The van der Waals surface area contributed by atoms with Crippen molar-refractivity contribution >= 4 is 28.9 Å². The number of fused-ring (bicyclic) bond motifs is 1. The zero-order valence-electron chi connectivity index (χ0n) is 22.3. The molecule has 11 heteroatoms. The molecule has 3 aromatic rings. The summed E-state index contributed by atoms with van der Waals surface area (Å²) in [5, 5.41) is 10.4. The number of aliphatic imine (C=N–C) groups is 1. The number of halogens is 2. The summed E-state index contributed by atoms with van der Waals surface area (Å²) in [6.07, 6.45) is 8.74. The van der Waals surface area contributed by atoms with Crippen LogP contribution in [0.2, 0.25) is 0 Å². The minimum absolute atomic E-state index is 0.110. The molecule has 0 spiro atoms. The van der Waals surface area contributed by atoms with Gasteiger partial charge in [0.15, 0.2) is 11.6 Å². The number of rotatable bonds is 8. The van der Waals surface area contributed by atoms with E-state index in [1.807, 2.05) is 31.5 Å². The third-order valence-corrected chi connectivity index (χ3v) is 7.71. The molecule has 40 heavy (non-hydrogen) atoms. The number of benzene rings is 1. The van der Waals surface area contributed by atoms with Crippen LogP contribution in [0.25, 0.3) is 16.6 Å². The van der Waals surface area contributed by atoms with Gasteiger partial charge >= 0.3 is 6.09 Å². The Morgan fingerprint density at radius 2 is 2.05 bits per heavy atom. The van der Waals surface area contributed by atoms with Gasteiger partial charge in [-0.15, -0.1) is 0 Å². The molecule has 1 aromatic carbocycles. The summed E-state index contributed by atoms with van der Waals surface area (Å²) in [7, 11) is 0. The molecule has 0 aliphatic carbocycles. The van der Waals surface area contributed by atoms with E-state index in [-0.39, 0.29) is 12.0 Å². The topological polar surface area (TPSA) is 110 Å². The molecular formula is C29H31F2N7O2. The van der Waals surface area contributed by atoms with Gasteiger partial charge in [0.25, 0.3) is 0 Å². The molecule has 2 aliphatic rings. The molecule has 9 nitrogen and oxygen atoms in total. The van der Waals surface area contributed by atoms with Crippen molar-refractivity contribution in [3.63, 3.8) is 0 Å². The standard InChI is InChI=1S/C29H31F2N7O2/c1-2-21(26-23-5-10-34-27(23)36-19-35-26)14-33-16-29(8-9-32)17-38(18-29)22-6-11-37(12-7-22)28(39)40-15-20-3-4-24(30)25(31)13-20/h2-5,10,13-14,19,22H,6-8,11-12,15-18H2,1H3,(H,34,35,36). The molecule has 1 N–H and O–H groups in total. The quantitative estimate of drug-likeness (QED) is 0.409. The monoisotopic (exact) mass is 547 g/mol. The first-order chi connectivity index (χ1) is 19.4. The number of nitrogens with one attached hydrogen (secondary N) is 1. The smallest absolute Gasteiger partial charge is 0.410 e. The molecule has 0 atom stereocenters. The Kier molecular flexibility index (Phi) is 8.16. The van der Waals surface area contributed by atoms with Crippen molar-refractivity contribution in [1.82, 2.24) is 24.8 Å². The van der Waals surface area contributed by atoms with Crippen molar-refractivity contribution < 1.29 is 18.3 Å². The largest absolute Gasteiger partial charge is 0.445 e. The lowest BCUT2D eigenvalue weighted by atomic mass is 9.75. The van der Waals surface area contributed by atoms with Crippen molar-refractivity contribution in [2.45, 2.75) is 38.8 Å². The number of aromatic amines is 1. The van der Waals surface area contributed by atoms with Crippen LogP contribution in [0, 0.1) is 28.4 Å². The van der Waals surface area contributed by atoms with E-state index in [9.17, 15) is 18.8 Å². The van der Waals surface area contributed by atoms with Crippen molar-refractivity contribution in [2.24, 2.45) is 10.4 Å². The van der Waals surface area contributed by atoms with Crippen LogP contribution in [-0.4, -0.2) is 75.8 Å². The van der Waals surface area contributed by atoms with Gasteiger partial charge in [-0.1, -0.05) is 12.1 Å². The lowest BCUT2D eigenvalue weighted by Gasteiger charge is -2.53. The number of aromatic nitrogens is 3. The number of nitriles is 1. The summed E-state index contributed by atoms with van der Waals surface area (Å²) in [5.74, 6) is -1.90. The molecular weight excluding hydrogens is 516 g/mol. The number of amides is 1. The number of piperidine rings is 1. The van der Waals surface area contributed by atoms with Gasteiger partial charge < -0.3 is 14.6 Å². The summed E-state index contributed by atoms with van der Waals surface area (Å²) in [6, 6.07) is 8.06. The Labute approximate surface area is 231 Å². The predicted molar refractivity (Wildman–Crippen MR) is 146 cm³/mol. The maximum Gasteiger partial charge on any atom is 0.410 e. The Morgan fingerprint density at radius 3 is 2.77 bits per heavy atom. The Morgan fingerprint density at radius 1 is 1.25 bits per heavy atom. The number of carbonyl (C=O) groups excluding carboxylic acids is 1. The third-order valence-electron chi connectivity index (χ3n) is 7.71. The zero-order chi connectivity index (χ0) is 28.1. The van der Waals surface area contributed by atoms with Crippen molar-refractivity contribution in [3.8, 4) is 6.07 Å². The second-order valence-corrected chi connectivity index (χ2v) is 10.4. The highest BCUT2D eigenvalue weighted by atomic mass is 19.2. The summed E-state index contributed by atoms with van der Waals surface area (Å²) in [6.45, 7) is 5.06. The minimum atomic E-state index is -0.965. The van der Waals surface area contributed by atoms with Crippen molar-refractivity contribution in [1.29, 1.82) is 5.26 Å². The van der Waals surface area contributed by atoms with Crippen LogP contribution in [-0.2, 0) is 11.3 Å². The first-order valence-corrected chi connectivity index (χ1v) is 13.3. The fraction of sp³-hybridized carbons (Fsp3) is 0.414. The Bertz CT molecular complexity index is 1460. The molecule has 5 rings (SSSR count). The fourth-order valence-corrected chi connectivity index (χ4v) is 5.50. The number of ether oxygens (including phenoxy) is 1. The van der Waals surface area contributed by atoms with Gasteiger partial charge in [0, 0.05) is 74.0 Å². The first-order valence-electron chi connectivity index (χ1n) is 13.3. The number of allylic oxidation sites excluding steroid dienone is 2. The lowest BCUT2D eigenvalue weighted by molar-refractivity contribution is -0.0395. The van der Waals surface area contributed by atoms with Crippen molar-refractivity contribution in [3.05, 3.63) is 65.8 Å². The van der Waals surface area contributed by atoms with Crippen LogP contribution in [0.15, 0.2) is 47.9 Å². The van der Waals surface area contributed by atoms with Crippen LogP contribution in [0.1, 0.15) is 37.4 Å². The van der Waals surface area contributed by atoms with Gasteiger partial charge in [-0.05, 0) is 43.5 Å². The zero-order valence-corrected chi connectivity index (χ0v) is 22.3. The second kappa shape index (κ2) is 11.9. The number of likely N-dealkylation sites (tertiary alicyclic amines) is 2. The SMILES string of the molecule is CC=C(C=NCC1(CC#N)CN(C2CCN(C(=O)OCc3ccc(F)c(F)c3)CC2)C1)c1ncnc2[nH]ccc12. The molecule has 2 aliphatic heterocycles. The highest BCUT2D eigenvalue weighted by Crippen LogP contribution is 2.38. The predicted octanol–water partition coefficient (Wildman–Crippen LogP) is 4.73. The maximum absolute atomic E-state index is 13.4. The number of nitrogens with zero attached hydrogens (tertiary/aromatic N) is 6. The summed E-state index contributed by atoms with van der Waals surface area (Å²) < 4.78 is 31.8. The minimum Gasteiger partial charge on any atom is -0.445 e. The molecule has 0 bridgehead atoms.